The van der Waals surface area contributed by atoms with Gasteiger partial charge in [0.15, 0.2) is 0 Å². The maximum Gasteiger partial charge on any atom is 0.414 e. The zero-order valence-corrected chi connectivity index (χ0v) is 22.7. The predicted octanol–water partition coefficient (Wildman–Crippen LogP) is 4.60. The molecule has 10 heteroatoms. The van der Waals surface area contributed by atoms with Crippen LogP contribution in [-0.2, 0) is 25.6 Å². The summed E-state index contributed by atoms with van der Waals surface area (Å²) in [5.74, 6) is -0.486. The van der Waals surface area contributed by atoms with Crippen LogP contribution in [0.1, 0.15) is 50.7 Å². The van der Waals surface area contributed by atoms with Crippen LogP contribution >= 0.6 is 0 Å². The van der Waals surface area contributed by atoms with E-state index in [0.717, 1.165) is 5.56 Å². The Morgan fingerprint density at radius 2 is 1.82 bits per heavy atom. The Bertz CT molecular complexity index is 1160. The molecule has 0 spiro atoms. The third kappa shape index (κ3) is 7.92. The van der Waals surface area contributed by atoms with Crippen molar-refractivity contribution in [2.75, 3.05) is 37.7 Å². The summed E-state index contributed by atoms with van der Waals surface area (Å²) >= 11 is 0. The van der Waals surface area contributed by atoms with Gasteiger partial charge in [-0.05, 0) is 62.8 Å². The van der Waals surface area contributed by atoms with Crippen molar-refractivity contribution in [2.24, 2.45) is 0 Å². The molecule has 0 aromatic heterocycles. The zero-order chi connectivity index (χ0) is 28.0. The molecule has 2 aliphatic rings. The van der Waals surface area contributed by atoms with Gasteiger partial charge in [-0.25, -0.2) is 14.0 Å². The minimum absolute atomic E-state index is 0.0167. The van der Waals surface area contributed by atoms with E-state index in [9.17, 15) is 14.4 Å². The zero-order valence-electron chi connectivity index (χ0n) is 22.7. The van der Waals surface area contributed by atoms with Gasteiger partial charge in [0, 0.05) is 13.1 Å². The number of likely N-dealkylation sites (tertiary alicyclic amines) is 1. The number of piperidine rings is 1. The summed E-state index contributed by atoms with van der Waals surface area (Å²) in [4.78, 5) is 39.9. The highest BCUT2D eigenvalue weighted by Gasteiger charge is 2.34. The Balaban J connectivity index is 1.25. The molecular weight excluding hydrogens is 505 g/mol. The van der Waals surface area contributed by atoms with Crippen molar-refractivity contribution in [1.82, 2.24) is 10.2 Å². The first kappa shape index (κ1) is 28.4. The Kier molecular flexibility index (Phi) is 9.06. The number of carbonyl (C=O) groups excluding carboxylic acids is 3. The molecule has 2 heterocycles. The molecule has 2 aromatic rings. The molecule has 0 saturated carbocycles. The fourth-order valence-corrected chi connectivity index (χ4v) is 4.73. The van der Waals surface area contributed by atoms with Crippen LogP contribution in [0.25, 0.3) is 0 Å². The van der Waals surface area contributed by atoms with Crippen molar-refractivity contribution < 1.29 is 33.0 Å². The quantitative estimate of drug-likeness (QED) is 0.525. The molecule has 210 valence electrons. The third-order valence-corrected chi connectivity index (χ3v) is 6.67. The van der Waals surface area contributed by atoms with Crippen molar-refractivity contribution in [3.8, 4) is 0 Å². The fraction of sp³-hybridized carbons (Fsp3) is 0.483. The first-order valence-corrected chi connectivity index (χ1v) is 13.2. The van der Waals surface area contributed by atoms with Crippen LogP contribution in [0.2, 0.25) is 0 Å². The number of nitrogens with zero attached hydrogens (tertiary/aromatic N) is 2. The molecule has 0 radical (unpaired) electrons. The highest BCUT2D eigenvalue weighted by molar-refractivity contribution is 5.89. The van der Waals surface area contributed by atoms with Gasteiger partial charge in [0.25, 0.3) is 0 Å². The summed E-state index contributed by atoms with van der Waals surface area (Å²) in [5.41, 5.74) is 1.34. The van der Waals surface area contributed by atoms with Gasteiger partial charge in [-0.15, -0.1) is 0 Å². The van der Waals surface area contributed by atoms with E-state index in [1.54, 1.807) is 37.8 Å². The number of hydrogen-bond acceptors (Lipinski definition) is 6. The normalized spacial score (nSPS) is 18.2. The van der Waals surface area contributed by atoms with E-state index < -0.39 is 29.7 Å². The van der Waals surface area contributed by atoms with E-state index in [4.69, 9.17) is 14.2 Å². The predicted molar refractivity (Wildman–Crippen MR) is 143 cm³/mol. The van der Waals surface area contributed by atoms with Crippen LogP contribution in [0.3, 0.4) is 0 Å². The van der Waals surface area contributed by atoms with Crippen LogP contribution in [0.15, 0.2) is 48.5 Å². The summed E-state index contributed by atoms with van der Waals surface area (Å²) < 4.78 is 31.2. The van der Waals surface area contributed by atoms with Gasteiger partial charge in [0.05, 0.1) is 25.4 Å². The Morgan fingerprint density at radius 3 is 2.49 bits per heavy atom. The van der Waals surface area contributed by atoms with Gasteiger partial charge in [0.2, 0.25) is 5.91 Å². The number of halogens is 1. The molecule has 1 N–H and O–H groups in total. The van der Waals surface area contributed by atoms with Crippen molar-refractivity contribution in [2.45, 2.75) is 57.8 Å². The van der Waals surface area contributed by atoms with Crippen LogP contribution < -0.4 is 10.2 Å². The second kappa shape index (κ2) is 12.5. The van der Waals surface area contributed by atoms with Gasteiger partial charge in [-0.3, -0.25) is 9.69 Å². The molecule has 39 heavy (non-hydrogen) atoms. The number of alkyl carbamates (subject to hydrolysis) is 1. The molecule has 2 aromatic carbocycles. The lowest BCUT2D eigenvalue weighted by Crippen LogP contribution is -2.40. The number of rotatable bonds is 8. The first-order valence-electron chi connectivity index (χ1n) is 13.2. The number of benzene rings is 2. The molecule has 1 atom stereocenters. The average molecular weight is 542 g/mol. The number of hydrogen-bond donors (Lipinski definition) is 1. The molecule has 3 amide bonds. The molecule has 0 bridgehead atoms. The van der Waals surface area contributed by atoms with E-state index in [2.05, 4.69) is 5.32 Å². The van der Waals surface area contributed by atoms with Crippen LogP contribution in [0, 0.1) is 5.82 Å². The second-order valence-corrected chi connectivity index (χ2v) is 10.8. The molecule has 2 aliphatic heterocycles. The Hall–Kier alpha value is -3.66. The van der Waals surface area contributed by atoms with Gasteiger partial charge in [-0.2, -0.15) is 0 Å². The van der Waals surface area contributed by atoms with E-state index >= 15 is 4.39 Å². The fourth-order valence-electron chi connectivity index (χ4n) is 4.73. The van der Waals surface area contributed by atoms with E-state index in [-0.39, 0.29) is 31.5 Å². The average Bonchev–Trinajstić information content (AvgIpc) is 3.27. The number of ether oxygens (including phenoxy) is 3. The Morgan fingerprint density at radius 1 is 1.10 bits per heavy atom. The van der Waals surface area contributed by atoms with E-state index in [1.807, 2.05) is 30.3 Å². The molecule has 2 saturated heterocycles. The van der Waals surface area contributed by atoms with E-state index in [1.165, 1.54) is 11.0 Å². The maximum atomic E-state index is 15.2. The minimum Gasteiger partial charge on any atom is -0.444 e. The Labute approximate surface area is 228 Å². The largest absolute Gasteiger partial charge is 0.444 e. The number of nitrogens with one attached hydrogen (secondary N) is 1. The second-order valence-electron chi connectivity index (χ2n) is 10.8. The van der Waals surface area contributed by atoms with Crippen molar-refractivity contribution in [3.63, 3.8) is 0 Å². The van der Waals surface area contributed by atoms with Gasteiger partial charge >= 0.3 is 12.2 Å². The summed E-state index contributed by atoms with van der Waals surface area (Å²) in [6.07, 6.45) is -0.485. The highest BCUT2D eigenvalue weighted by atomic mass is 19.1. The molecule has 2 fully saturated rings. The lowest BCUT2D eigenvalue weighted by molar-refractivity contribution is -0.137. The van der Waals surface area contributed by atoms with E-state index in [0.29, 0.717) is 43.8 Å². The minimum atomic E-state index is -0.634. The summed E-state index contributed by atoms with van der Waals surface area (Å²) in [6, 6.07) is 14.4. The summed E-state index contributed by atoms with van der Waals surface area (Å²) in [5, 5.41) is 2.59. The number of anilines is 1. The number of amides is 3. The van der Waals surface area contributed by atoms with Crippen molar-refractivity contribution in [3.05, 3.63) is 65.5 Å². The topological polar surface area (TPSA) is 97.4 Å². The number of cyclic esters (lactones) is 1. The third-order valence-electron chi connectivity index (χ3n) is 6.67. The molecule has 0 unspecified atom stereocenters. The summed E-state index contributed by atoms with van der Waals surface area (Å²) in [6.45, 7) is 7.01. The first-order chi connectivity index (χ1) is 18.6. The molecular formula is C29H36FN3O6. The molecule has 4 rings (SSSR count). The molecule has 9 nitrogen and oxygen atoms in total. The maximum absolute atomic E-state index is 15.2. The monoisotopic (exact) mass is 541 g/mol. The van der Waals surface area contributed by atoms with Crippen LogP contribution in [0.4, 0.5) is 19.7 Å². The highest BCUT2D eigenvalue weighted by Crippen LogP contribution is 2.33. The lowest BCUT2D eigenvalue weighted by Gasteiger charge is -2.32. The van der Waals surface area contributed by atoms with Gasteiger partial charge in [0.1, 0.15) is 24.1 Å². The standard InChI is InChI=1S/C29H36FN3O6/c1-29(2,3)39-27(35)31-16-23-17-33(28(36)38-23)22-9-10-24(25(30)15-22)21-11-13-32(14-12-21)26(34)19-37-18-20-7-5-4-6-8-20/h4-10,15,21,23H,11-14,16-19H2,1-3H3,(H,31,35)/t23-/m0/s1. The smallest absolute Gasteiger partial charge is 0.414 e. The SMILES string of the molecule is CC(C)(C)OC(=O)NC[C@H]1CN(c2ccc(C3CCN(C(=O)COCc4ccccc4)CC3)c(F)c2)C(=O)O1. The van der Waals surface area contributed by atoms with Crippen molar-refractivity contribution >= 4 is 23.8 Å². The molecule has 0 aliphatic carbocycles. The lowest BCUT2D eigenvalue weighted by atomic mass is 9.89. The summed E-state index contributed by atoms with van der Waals surface area (Å²) in [7, 11) is 0. The van der Waals surface area contributed by atoms with Gasteiger partial charge < -0.3 is 24.4 Å². The van der Waals surface area contributed by atoms with Gasteiger partial charge in [-0.1, -0.05) is 36.4 Å². The number of carbonyl (C=O) groups is 3. The van der Waals surface area contributed by atoms with Crippen LogP contribution in [-0.4, -0.2) is 67.5 Å². The van der Waals surface area contributed by atoms with Crippen molar-refractivity contribution in [1.29, 1.82) is 0 Å². The van der Waals surface area contributed by atoms with Crippen LogP contribution in [0.5, 0.6) is 0 Å².